The molecule has 108 valence electrons. The molecule has 1 heterocycles. The van der Waals surface area contributed by atoms with Gasteiger partial charge in [-0.25, -0.2) is 4.98 Å². The number of ether oxygens (including phenoxy) is 1. The molecule has 0 saturated heterocycles. The fourth-order valence-electron chi connectivity index (χ4n) is 2.03. The maximum Gasteiger partial charge on any atom is 0.128 e. The lowest BCUT2D eigenvalue weighted by Crippen LogP contribution is -2.24. The predicted molar refractivity (Wildman–Crippen MR) is 83.4 cm³/mol. The highest BCUT2D eigenvalue weighted by Gasteiger charge is 2.05. The molecule has 0 bridgehead atoms. The van der Waals surface area contributed by atoms with Crippen molar-refractivity contribution in [2.45, 2.75) is 12.8 Å². The molecule has 1 aromatic heterocycles. The van der Waals surface area contributed by atoms with Gasteiger partial charge in [-0.05, 0) is 30.2 Å². The van der Waals surface area contributed by atoms with Gasteiger partial charge < -0.3 is 9.64 Å². The molecule has 4 nitrogen and oxygen atoms in total. The van der Waals surface area contributed by atoms with E-state index in [1.165, 1.54) is 0 Å². The minimum atomic E-state index is 0.508. The van der Waals surface area contributed by atoms with Gasteiger partial charge in [-0.2, -0.15) is 5.26 Å². The van der Waals surface area contributed by atoms with E-state index in [2.05, 4.69) is 16.0 Å². The number of pyridine rings is 1. The number of anilines is 1. The first-order valence-corrected chi connectivity index (χ1v) is 7.01. The molecular weight excluding hydrogens is 262 g/mol. The summed E-state index contributed by atoms with van der Waals surface area (Å²) in [7, 11) is 1.99. The second kappa shape index (κ2) is 7.91. The molecule has 21 heavy (non-hydrogen) atoms. The number of rotatable bonds is 7. The van der Waals surface area contributed by atoms with Gasteiger partial charge in [0.2, 0.25) is 0 Å². The van der Waals surface area contributed by atoms with Crippen molar-refractivity contribution >= 4 is 5.82 Å². The van der Waals surface area contributed by atoms with Crippen molar-refractivity contribution < 1.29 is 4.74 Å². The first-order chi connectivity index (χ1) is 10.3. The molecular formula is C17H19N3O. The Morgan fingerprint density at radius 3 is 2.76 bits per heavy atom. The van der Waals surface area contributed by atoms with Gasteiger partial charge in [0.05, 0.1) is 12.6 Å². The second-order valence-corrected chi connectivity index (χ2v) is 4.72. The van der Waals surface area contributed by atoms with Crippen LogP contribution in [0.2, 0.25) is 0 Å². The lowest BCUT2D eigenvalue weighted by molar-refractivity contribution is 0.322. The summed E-state index contributed by atoms with van der Waals surface area (Å²) in [5.41, 5.74) is 1.08. The van der Waals surface area contributed by atoms with E-state index in [4.69, 9.17) is 10.00 Å². The van der Waals surface area contributed by atoms with E-state index in [0.717, 1.165) is 30.1 Å². The van der Waals surface area contributed by atoms with E-state index in [-0.39, 0.29) is 0 Å². The Morgan fingerprint density at radius 2 is 2.00 bits per heavy atom. The molecule has 0 amide bonds. The van der Waals surface area contributed by atoms with Crippen LogP contribution in [-0.2, 0) is 6.42 Å². The average Bonchev–Trinajstić information content (AvgIpc) is 2.54. The Bertz CT molecular complexity index is 592. The van der Waals surface area contributed by atoms with Gasteiger partial charge in [0.15, 0.2) is 0 Å². The monoisotopic (exact) mass is 281 g/mol. The summed E-state index contributed by atoms with van der Waals surface area (Å²) in [5.74, 6) is 1.79. The normalized spacial score (nSPS) is 9.90. The minimum absolute atomic E-state index is 0.508. The highest BCUT2D eigenvalue weighted by Crippen LogP contribution is 2.19. The van der Waals surface area contributed by atoms with Crippen molar-refractivity contribution in [3.05, 3.63) is 54.2 Å². The van der Waals surface area contributed by atoms with Crippen molar-refractivity contribution in [2.75, 3.05) is 25.1 Å². The van der Waals surface area contributed by atoms with Crippen molar-refractivity contribution in [1.29, 1.82) is 5.26 Å². The van der Waals surface area contributed by atoms with Gasteiger partial charge in [0, 0.05) is 19.7 Å². The number of hydrogen-bond donors (Lipinski definition) is 0. The SMILES string of the molecule is CN(CCOc1ccccc1CCC#N)c1ccccn1. The van der Waals surface area contributed by atoms with Crippen LogP contribution in [0.1, 0.15) is 12.0 Å². The van der Waals surface area contributed by atoms with E-state index >= 15 is 0 Å². The number of benzene rings is 1. The highest BCUT2D eigenvalue weighted by molar-refractivity contribution is 5.37. The largest absolute Gasteiger partial charge is 0.491 e. The summed E-state index contributed by atoms with van der Waals surface area (Å²) in [6.07, 6.45) is 3.01. The van der Waals surface area contributed by atoms with Crippen molar-refractivity contribution in [1.82, 2.24) is 4.98 Å². The molecule has 1 aromatic carbocycles. The maximum absolute atomic E-state index is 8.69. The highest BCUT2D eigenvalue weighted by atomic mass is 16.5. The van der Waals surface area contributed by atoms with Crippen LogP contribution >= 0.6 is 0 Å². The molecule has 0 atom stereocenters. The predicted octanol–water partition coefficient (Wildman–Crippen LogP) is 3.05. The van der Waals surface area contributed by atoms with E-state index in [0.29, 0.717) is 13.0 Å². The third-order valence-corrected chi connectivity index (χ3v) is 3.20. The summed E-state index contributed by atoms with van der Waals surface area (Å²) in [4.78, 5) is 6.35. The molecule has 4 heteroatoms. The van der Waals surface area contributed by atoms with Crippen molar-refractivity contribution in [2.24, 2.45) is 0 Å². The quantitative estimate of drug-likeness (QED) is 0.782. The number of aryl methyl sites for hydroxylation is 1. The van der Waals surface area contributed by atoms with E-state index in [9.17, 15) is 0 Å². The molecule has 0 saturated carbocycles. The Morgan fingerprint density at radius 1 is 1.19 bits per heavy atom. The van der Waals surface area contributed by atoms with E-state index in [1.807, 2.05) is 49.5 Å². The third kappa shape index (κ3) is 4.50. The second-order valence-electron chi connectivity index (χ2n) is 4.72. The summed E-state index contributed by atoms with van der Waals surface area (Å²) >= 11 is 0. The van der Waals surface area contributed by atoms with Crippen LogP contribution in [0.25, 0.3) is 0 Å². The first-order valence-electron chi connectivity index (χ1n) is 7.01. The zero-order chi connectivity index (χ0) is 14.9. The topological polar surface area (TPSA) is 49.1 Å². The first kappa shape index (κ1) is 14.9. The summed E-state index contributed by atoms with van der Waals surface area (Å²) < 4.78 is 5.85. The molecule has 0 aliphatic heterocycles. The smallest absolute Gasteiger partial charge is 0.128 e. The van der Waals surface area contributed by atoms with Gasteiger partial charge in [-0.15, -0.1) is 0 Å². The Balaban J connectivity index is 1.87. The van der Waals surface area contributed by atoms with Gasteiger partial charge in [0.25, 0.3) is 0 Å². The van der Waals surface area contributed by atoms with Gasteiger partial charge in [-0.1, -0.05) is 24.3 Å². The lowest BCUT2D eigenvalue weighted by atomic mass is 10.1. The Kier molecular flexibility index (Phi) is 5.60. The molecule has 0 aliphatic carbocycles. The van der Waals surface area contributed by atoms with Crippen LogP contribution in [0.4, 0.5) is 5.82 Å². The standard InChI is InChI=1S/C17H19N3O/c1-20(17-10-4-5-12-19-17)13-14-21-16-9-3-2-7-15(16)8-6-11-18/h2-5,7,9-10,12H,6,8,13-14H2,1H3. The zero-order valence-corrected chi connectivity index (χ0v) is 12.2. The van der Waals surface area contributed by atoms with Crippen LogP contribution in [-0.4, -0.2) is 25.2 Å². The van der Waals surface area contributed by atoms with Crippen LogP contribution in [0.15, 0.2) is 48.7 Å². The maximum atomic E-state index is 8.69. The fraction of sp³-hybridized carbons (Fsp3) is 0.294. The van der Waals surface area contributed by atoms with E-state index < -0.39 is 0 Å². The number of para-hydroxylation sites is 1. The molecule has 0 radical (unpaired) electrons. The summed E-state index contributed by atoms with van der Waals surface area (Å²) in [5, 5.41) is 8.69. The molecule has 0 N–H and O–H groups in total. The number of aromatic nitrogens is 1. The van der Waals surface area contributed by atoms with Gasteiger partial charge in [0.1, 0.15) is 18.2 Å². The Hall–Kier alpha value is -2.54. The third-order valence-electron chi connectivity index (χ3n) is 3.20. The summed E-state index contributed by atoms with van der Waals surface area (Å²) in [6.45, 7) is 1.33. The molecule has 0 unspecified atom stereocenters. The Labute approximate surface area is 125 Å². The fourth-order valence-corrected chi connectivity index (χ4v) is 2.03. The minimum Gasteiger partial charge on any atom is -0.491 e. The van der Waals surface area contributed by atoms with Crippen molar-refractivity contribution in [3.8, 4) is 11.8 Å². The van der Waals surface area contributed by atoms with Crippen LogP contribution < -0.4 is 9.64 Å². The molecule has 2 aromatic rings. The van der Waals surface area contributed by atoms with Crippen molar-refractivity contribution in [3.63, 3.8) is 0 Å². The lowest BCUT2D eigenvalue weighted by Gasteiger charge is -2.18. The number of hydrogen-bond acceptors (Lipinski definition) is 4. The van der Waals surface area contributed by atoms with Gasteiger partial charge >= 0.3 is 0 Å². The zero-order valence-electron chi connectivity index (χ0n) is 12.2. The molecule has 0 fully saturated rings. The number of nitrogens with zero attached hydrogens (tertiary/aromatic N) is 3. The van der Waals surface area contributed by atoms with E-state index in [1.54, 1.807) is 6.20 Å². The average molecular weight is 281 g/mol. The van der Waals surface area contributed by atoms with Crippen LogP contribution in [0, 0.1) is 11.3 Å². The number of likely N-dealkylation sites (N-methyl/N-ethyl adjacent to an activating group) is 1. The number of nitriles is 1. The van der Waals surface area contributed by atoms with Crippen LogP contribution in [0.3, 0.4) is 0 Å². The molecule has 0 spiro atoms. The van der Waals surface area contributed by atoms with Gasteiger partial charge in [-0.3, -0.25) is 0 Å². The van der Waals surface area contributed by atoms with Crippen LogP contribution in [0.5, 0.6) is 5.75 Å². The molecule has 0 aliphatic rings. The summed E-state index contributed by atoms with van der Waals surface area (Å²) in [6, 6.07) is 15.9. The molecule has 2 rings (SSSR count).